The Labute approximate surface area is 117 Å². The Kier molecular flexibility index (Phi) is 8.46. The Morgan fingerprint density at radius 3 is 2.78 bits per heavy atom. The number of ether oxygens (including phenoxy) is 2. The second-order valence-electron chi connectivity index (χ2n) is 3.79. The number of thioether (sulfide) groups is 1. The lowest BCUT2D eigenvalue weighted by Crippen LogP contribution is -2.14. The molecule has 0 aromatic heterocycles. The first-order chi connectivity index (χ1) is 8.74. The standard InChI is InChI=1S/C13H19ClO3S/c1-16-8-9-17-7-6-11(15)10-18-13-5-3-2-4-12(13)14/h2-5,11,15H,6-10H2,1H3. The van der Waals surface area contributed by atoms with E-state index in [2.05, 4.69) is 0 Å². The maximum absolute atomic E-state index is 9.78. The summed E-state index contributed by atoms with van der Waals surface area (Å²) >= 11 is 7.59. The highest BCUT2D eigenvalue weighted by molar-refractivity contribution is 7.99. The molecular formula is C13H19ClO3S. The monoisotopic (exact) mass is 290 g/mol. The van der Waals surface area contributed by atoms with E-state index in [0.717, 1.165) is 9.92 Å². The summed E-state index contributed by atoms with van der Waals surface area (Å²) in [5.74, 6) is 0.622. The van der Waals surface area contributed by atoms with Gasteiger partial charge in [0.1, 0.15) is 0 Å². The lowest BCUT2D eigenvalue weighted by Gasteiger charge is -2.11. The first-order valence-electron chi connectivity index (χ1n) is 5.86. The SMILES string of the molecule is COCCOCCC(O)CSc1ccccc1Cl. The number of aliphatic hydroxyl groups excluding tert-OH is 1. The highest BCUT2D eigenvalue weighted by Crippen LogP contribution is 2.27. The number of hydrogen-bond acceptors (Lipinski definition) is 4. The van der Waals surface area contributed by atoms with E-state index in [0.29, 0.717) is 32.0 Å². The Hall–Kier alpha value is -0.260. The highest BCUT2D eigenvalue weighted by Gasteiger charge is 2.07. The van der Waals surface area contributed by atoms with Gasteiger partial charge in [0.15, 0.2) is 0 Å². The molecule has 0 aliphatic heterocycles. The number of halogens is 1. The van der Waals surface area contributed by atoms with Gasteiger partial charge in [-0.15, -0.1) is 11.8 Å². The summed E-state index contributed by atoms with van der Waals surface area (Å²) in [5, 5.41) is 10.5. The van der Waals surface area contributed by atoms with Gasteiger partial charge in [-0.3, -0.25) is 0 Å². The summed E-state index contributed by atoms with van der Waals surface area (Å²) in [5.41, 5.74) is 0. The average molecular weight is 291 g/mol. The van der Waals surface area contributed by atoms with E-state index in [1.807, 2.05) is 24.3 Å². The molecule has 0 aliphatic carbocycles. The van der Waals surface area contributed by atoms with Gasteiger partial charge in [-0.2, -0.15) is 0 Å². The maximum atomic E-state index is 9.78. The molecule has 0 radical (unpaired) electrons. The normalized spacial score (nSPS) is 12.6. The first kappa shape index (κ1) is 15.8. The van der Waals surface area contributed by atoms with E-state index in [-0.39, 0.29) is 6.10 Å². The van der Waals surface area contributed by atoms with Crippen LogP contribution in [0.15, 0.2) is 29.2 Å². The van der Waals surface area contributed by atoms with Gasteiger partial charge in [0, 0.05) is 24.4 Å². The number of aliphatic hydroxyl groups is 1. The minimum atomic E-state index is -0.381. The third-order valence-corrected chi connectivity index (χ3v) is 3.96. The molecule has 0 spiro atoms. The summed E-state index contributed by atoms with van der Waals surface area (Å²) in [6.07, 6.45) is 0.245. The zero-order valence-corrected chi connectivity index (χ0v) is 12.0. The molecule has 3 nitrogen and oxygen atoms in total. The Bertz CT molecular complexity index is 336. The van der Waals surface area contributed by atoms with Crippen LogP contribution in [0.2, 0.25) is 5.02 Å². The molecule has 0 bridgehead atoms. The molecule has 1 atom stereocenters. The van der Waals surface area contributed by atoms with E-state index >= 15 is 0 Å². The molecule has 18 heavy (non-hydrogen) atoms. The van der Waals surface area contributed by atoms with Crippen molar-refractivity contribution in [2.45, 2.75) is 17.4 Å². The number of methoxy groups -OCH3 is 1. The van der Waals surface area contributed by atoms with Crippen LogP contribution in [-0.4, -0.2) is 43.9 Å². The summed E-state index contributed by atoms with van der Waals surface area (Å²) < 4.78 is 10.2. The Morgan fingerprint density at radius 1 is 1.28 bits per heavy atom. The molecule has 0 amide bonds. The molecule has 0 heterocycles. The van der Waals surface area contributed by atoms with E-state index in [9.17, 15) is 5.11 Å². The second kappa shape index (κ2) is 9.64. The smallest absolute Gasteiger partial charge is 0.0700 e. The van der Waals surface area contributed by atoms with Crippen molar-refractivity contribution in [2.24, 2.45) is 0 Å². The van der Waals surface area contributed by atoms with Crippen molar-refractivity contribution in [3.63, 3.8) is 0 Å². The predicted molar refractivity (Wildman–Crippen MR) is 75.5 cm³/mol. The fourth-order valence-electron chi connectivity index (χ4n) is 1.29. The van der Waals surface area contributed by atoms with Gasteiger partial charge in [-0.25, -0.2) is 0 Å². The minimum Gasteiger partial charge on any atom is -0.392 e. The van der Waals surface area contributed by atoms with Crippen molar-refractivity contribution in [3.8, 4) is 0 Å². The Morgan fingerprint density at radius 2 is 2.06 bits per heavy atom. The van der Waals surface area contributed by atoms with Crippen LogP contribution in [-0.2, 0) is 9.47 Å². The van der Waals surface area contributed by atoms with Crippen LogP contribution < -0.4 is 0 Å². The lowest BCUT2D eigenvalue weighted by atomic mass is 10.3. The molecule has 1 aromatic rings. The van der Waals surface area contributed by atoms with Crippen LogP contribution >= 0.6 is 23.4 Å². The summed E-state index contributed by atoms with van der Waals surface area (Å²) in [6, 6.07) is 7.64. The molecule has 0 saturated carbocycles. The van der Waals surface area contributed by atoms with Gasteiger partial charge in [0.25, 0.3) is 0 Å². The van der Waals surface area contributed by atoms with Crippen molar-refractivity contribution >= 4 is 23.4 Å². The van der Waals surface area contributed by atoms with Crippen LogP contribution in [0, 0.1) is 0 Å². The zero-order valence-electron chi connectivity index (χ0n) is 10.5. The van der Waals surface area contributed by atoms with Crippen LogP contribution in [0.25, 0.3) is 0 Å². The molecule has 1 aromatic carbocycles. The maximum Gasteiger partial charge on any atom is 0.0700 e. The fraction of sp³-hybridized carbons (Fsp3) is 0.538. The van der Waals surface area contributed by atoms with Crippen LogP contribution in [0.5, 0.6) is 0 Å². The van der Waals surface area contributed by atoms with Crippen molar-refractivity contribution in [1.82, 2.24) is 0 Å². The third-order valence-electron chi connectivity index (χ3n) is 2.30. The first-order valence-corrected chi connectivity index (χ1v) is 7.22. The molecular weight excluding hydrogens is 272 g/mol. The number of benzene rings is 1. The molecule has 0 fully saturated rings. The lowest BCUT2D eigenvalue weighted by molar-refractivity contribution is 0.0521. The largest absolute Gasteiger partial charge is 0.392 e. The topological polar surface area (TPSA) is 38.7 Å². The second-order valence-corrected chi connectivity index (χ2v) is 5.26. The molecule has 1 N–H and O–H groups in total. The molecule has 1 rings (SSSR count). The van der Waals surface area contributed by atoms with Gasteiger partial charge in [0.05, 0.1) is 24.3 Å². The summed E-state index contributed by atoms with van der Waals surface area (Å²) in [6.45, 7) is 1.71. The molecule has 0 aliphatic rings. The Balaban J connectivity index is 2.13. The fourth-order valence-corrected chi connectivity index (χ4v) is 2.51. The van der Waals surface area contributed by atoms with Gasteiger partial charge < -0.3 is 14.6 Å². The number of rotatable bonds is 9. The highest BCUT2D eigenvalue weighted by atomic mass is 35.5. The van der Waals surface area contributed by atoms with E-state index in [1.165, 1.54) is 0 Å². The van der Waals surface area contributed by atoms with Crippen molar-refractivity contribution in [1.29, 1.82) is 0 Å². The van der Waals surface area contributed by atoms with Crippen molar-refractivity contribution < 1.29 is 14.6 Å². The van der Waals surface area contributed by atoms with Gasteiger partial charge in [-0.1, -0.05) is 23.7 Å². The van der Waals surface area contributed by atoms with Gasteiger partial charge >= 0.3 is 0 Å². The molecule has 102 valence electrons. The van der Waals surface area contributed by atoms with Crippen LogP contribution in [0.1, 0.15) is 6.42 Å². The van der Waals surface area contributed by atoms with E-state index in [4.69, 9.17) is 21.1 Å². The van der Waals surface area contributed by atoms with E-state index in [1.54, 1.807) is 18.9 Å². The molecule has 0 saturated heterocycles. The quantitative estimate of drug-likeness (QED) is 0.561. The van der Waals surface area contributed by atoms with Gasteiger partial charge in [0.2, 0.25) is 0 Å². The van der Waals surface area contributed by atoms with Crippen molar-refractivity contribution in [2.75, 3.05) is 32.7 Å². The summed E-state index contributed by atoms with van der Waals surface area (Å²) in [7, 11) is 1.64. The third kappa shape index (κ3) is 6.61. The predicted octanol–water partition coefficient (Wildman–Crippen LogP) is 2.85. The van der Waals surface area contributed by atoms with E-state index < -0.39 is 0 Å². The summed E-state index contributed by atoms with van der Waals surface area (Å²) in [4.78, 5) is 0.999. The number of hydrogen-bond donors (Lipinski definition) is 1. The molecule has 1 unspecified atom stereocenters. The van der Waals surface area contributed by atoms with Crippen LogP contribution in [0.4, 0.5) is 0 Å². The molecule has 5 heteroatoms. The van der Waals surface area contributed by atoms with Gasteiger partial charge in [-0.05, 0) is 18.6 Å². The van der Waals surface area contributed by atoms with Crippen LogP contribution in [0.3, 0.4) is 0 Å². The minimum absolute atomic E-state index is 0.381. The van der Waals surface area contributed by atoms with Crippen molar-refractivity contribution in [3.05, 3.63) is 29.3 Å². The zero-order chi connectivity index (χ0) is 13.2. The average Bonchev–Trinajstić information content (AvgIpc) is 2.37.